The van der Waals surface area contributed by atoms with Crippen molar-refractivity contribution < 1.29 is 4.39 Å². The summed E-state index contributed by atoms with van der Waals surface area (Å²) in [4.78, 5) is 8.49. The number of aromatic nitrogens is 2. The van der Waals surface area contributed by atoms with Gasteiger partial charge in [-0.2, -0.15) is 9.65 Å². The van der Waals surface area contributed by atoms with E-state index in [4.69, 9.17) is 23.2 Å². The van der Waals surface area contributed by atoms with Gasteiger partial charge < -0.3 is 16.1 Å². The average Bonchev–Trinajstić information content (AvgIpc) is 3.62. The highest BCUT2D eigenvalue weighted by Gasteiger charge is 2.37. The minimum absolute atomic E-state index is 0.0159. The van der Waals surface area contributed by atoms with Crippen LogP contribution in [-0.4, -0.2) is 27.6 Å². The lowest BCUT2D eigenvalue weighted by Crippen LogP contribution is -2.39. The number of pyridine rings is 2. The zero-order valence-corrected chi connectivity index (χ0v) is 23.1. The Labute approximate surface area is 231 Å². The normalized spacial score (nSPS) is 16.4. The molecule has 1 aliphatic carbocycles. The van der Waals surface area contributed by atoms with E-state index in [-0.39, 0.29) is 5.41 Å². The first-order valence-electron chi connectivity index (χ1n) is 12.4. The molecule has 1 saturated carbocycles. The number of anilines is 2. The van der Waals surface area contributed by atoms with Crippen molar-refractivity contribution >= 4 is 45.5 Å². The Morgan fingerprint density at radius 2 is 2.03 bits per heavy atom. The molecule has 1 atom stereocenters. The van der Waals surface area contributed by atoms with E-state index in [9.17, 15) is 9.65 Å². The maximum atomic E-state index is 13.9. The smallest absolute Gasteiger partial charge is 0.213 e. The molecule has 3 aromatic rings. The fourth-order valence-corrected chi connectivity index (χ4v) is 5.02. The van der Waals surface area contributed by atoms with Crippen molar-refractivity contribution in [1.29, 1.82) is 5.26 Å². The molecule has 4 N–H and O–H groups in total. The van der Waals surface area contributed by atoms with Gasteiger partial charge in [-0.15, -0.1) is 5.53 Å². The van der Waals surface area contributed by atoms with Crippen LogP contribution >= 0.6 is 23.2 Å². The summed E-state index contributed by atoms with van der Waals surface area (Å²) < 4.78 is 13.9. The maximum absolute atomic E-state index is 13.9. The van der Waals surface area contributed by atoms with Gasteiger partial charge in [0, 0.05) is 41.1 Å². The lowest BCUT2D eigenvalue weighted by Gasteiger charge is -2.24. The van der Waals surface area contributed by atoms with Gasteiger partial charge in [0.2, 0.25) is 5.95 Å². The molecule has 5 rings (SSSR count). The molecule has 2 aliphatic rings. The molecule has 0 saturated heterocycles. The third kappa shape index (κ3) is 5.30. The number of nitriles is 1. The molecule has 8 nitrogen and oxygen atoms in total. The van der Waals surface area contributed by atoms with E-state index in [1.807, 2.05) is 11.1 Å². The molecule has 0 spiro atoms. The average molecular weight is 555 g/mol. The Kier molecular flexibility index (Phi) is 6.99. The lowest BCUT2D eigenvalue weighted by atomic mass is 9.96. The van der Waals surface area contributed by atoms with E-state index in [0.717, 1.165) is 18.4 Å². The lowest BCUT2D eigenvalue weighted by molar-refractivity contribution is 0.253. The molecule has 0 bridgehead atoms. The number of hydrogen-bond acceptors (Lipinski definition) is 8. The van der Waals surface area contributed by atoms with Crippen LogP contribution in [0.2, 0.25) is 5.02 Å². The second-order valence-corrected chi connectivity index (χ2v) is 11.6. The number of rotatable bonds is 7. The topological polar surface area (TPSA) is 101 Å². The fourth-order valence-electron chi connectivity index (χ4n) is 4.42. The van der Waals surface area contributed by atoms with E-state index in [1.54, 1.807) is 19.1 Å². The molecular formula is C27H29Cl2FN8. The monoisotopic (exact) mass is 554 g/mol. The Balaban J connectivity index is 1.60. The van der Waals surface area contributed by atoms with Crippen LogP contribution in [-0.2, 0) is 0 Å². The summed E-state index contributed by atoms with van der Waals surface area (Å²) in [5.41, 5.74) is 10.6. The summed E-state index contributed by atoms with van der Waals surface area (Å²) in [6, 6.07) is 8.78. The quantitative estimate of drug-likeness (QED) is 0.205. The van der Waals surface area contributed by atoms with E-state index in [0.29, 0.717) is 62.0 Å². The van der Waals surface area contributed by atoms with Crippen molar-refractivity contribution in [2.24, 2.45) is 5.41 Å². The predicted molar refractivity (Wildman–Crippen MR) is 149 cm³/mol. The van der Waals surface area contributed by atoms with Crippen LogP contribution in [0.5, 0.6) is 0 Å². The van der Waals surface area contributed by atoms with Gasteiger partial charge in [0.05, 0.1) is 33.5 Å². The van der Waals surface area contributed by atoms with Crippen LogP contribution < -0.4 is 21.6 Å². The maximum Gasteiger partial charge on any atom is 0.213 e. The van der Waals surface area contributed by atoms with Gasteiger partial charge in [-0.05, 0) is 43.4 Å². The highest BCUT2D eigenvalue weighted by atomic mass is 35.5. The first-order chi connectivity index (χ1) is 18.1. The molecule has 0 amide bonds. The van der Waals surface area contributed by atoms with Crippen LogP contribution in [0, 0.1) is 29.6 Å². The molecular weight excluding hydrogens is 526 g/mol. The van der Waals surface area contributed by atoms with E-state index < -0.39 is 12.0 Å². The molecule has 11 heteroatoms. The molecule has 198 valence electrons. The second-order valence-electron chi connectivity index (χ2n) is 10.9. The molecule has 3 heterocycles. The van der Waals surface area contributed by atoms with Crippen LogP contribution in [0.1, 0.15) is 56.5 Å². The zero-order valence-electron chi connectivity index (χ0n) is 21.6. The summed E-state index contributed by atoms with van der Waals surface area (Å²) >= 11 is 13.5. The van der Waals surface area contributed by atoms with Crippen molar-refractivity contribution in [2.75, 3.05) is 17.2 Å². The van der Waals surface area contributed by atoms with Crippen molar-refractivity contribution in [3.63, 3.8) is 0 Å². The summed E-state index contributed by atoms with van der Waals surface area (Å²) in [6.45, 7) is 8.75. The first-order valence-corrected chi connectivity index (χ1v) is 13.2. The predicted octanol–water partition coefficient (Wildman–Crippen LogP) is 6.11. The summed E-state index contributed by atoms with van der Waals surface area (Å²) in [6.07, 6.45) is 3.63. The third-order valence-corrected chi connectivity index (χ3v) is 7.17. The number of hydrogen-bond donors (Lipinski definition) is 4. The largest absolute Gasteiger partial charge is 0.383 e. The van der Waals surface area contributed by atoms with Crippen LogP contribution in [0.3, 0.4) is 0 Å². The van der Waals surface area contributed by atoms with Gasteiger partial charge in [-0.25, -0.2) is 4.98 Å². The third-order valence-electron chi connectivity index (χ3n) is 6.50. The minimum Gasteiger partial charge on any atom is -0.383 e. The molecule has 0 radical (unpaired) electrons. The first kappa shape index (κ1) is 26.3. The fraction of sp³-hybridized carbons (Fsp3) is 0.370. The molecule has 1 aromatic carbocycles. The Hall–Kier alpha value is -3.32. The zero-order chi connectivity index (χ0) is 27.2. The second kappa shape index (κ2) is 10.1. The van der Waals surface area contributed by atoms with Gasteiger partial charge in [-0.3, -0.25) is 9.99 Å². The van der Waals surface area contributed by atoms with Crippen LogP contribution in [0.4, 0.5) is 15.8 Å². The summed E-state index contributed by atoms with van der Waals surface area (Å²) in [5, 5.41) is 20.3. The number of aryl methyl sites for hydroxylation is 1. The minimum atomic E-state index is -0.555. The highest BCUT2D eigenvalue weighted by molar-refractivity contribution is 6.36. The summed E-state index contributed by atoms with van der Waals surface area (Å²) in [7, 11) is 0. The van der Waals surface area contributed by atoms with Crippen molar-refractivity contribution in [3.8, 4) is 6.07 Å². The van der Waals surface area contributed by atoms with E-state index >= 15 is 0 Å². The van der Waals surface area contributed by atoms with Gasteiger partial charge in [0.1, 0.15) is 11.2 Å². The number of hydrazine groups is 2. The molecule has 1 aliphatic heterocycles. The molecule has 1 fully saturated rings. The van der Waals surface area contributed by atoms with Crippen molar-refractivity contribution in [3.05, 3.63) is 69.1 Å². The van der Waals surface area contributed by atoms with Crippen LogP contribution in [0.25, 0.3) is 10.9 Å². The Morgan fingerprint density at radius 3 is 2.68 bits per heavy atom. The number of nitrogens with zero attached hydrogens (tertiary/aromatic N) is 4. The van der Waals surface area contributed by atoms with Gasteiger partial charge >= 0.3 is 0 Å². The number of benzene rings is 1. The standard InChI is InChI=1S/C27H29Cl2FN8/c1-14-18(7-8-21(30)34-14)24(25-26(29)38(37-36-25)17-5-6-17)35-16-9-19-22(33-13-27(2,3)4)15(11-31)12-32-23(19)20(28)10-16/h7-10,12,17,24,35-37H,5-6,13H2,1-4H3,(H,32,33)/t24-/m0/s1. The van der Waals surface area contributed by atoms with Gasteiger partial charge in [0.15, 0.2) is 0 Å². The van der Waals surface area contributed by atoms with Crippen molar-refractivity contribution in [2.45, 2.75) is 52.6 Å². The van der Waals surface area contributed by atoms with Crippen LogP contribution in [0.15, 0.2) is 41.3 Å². The van der Waals surface area contributed by atoms with E-state index in [1.165, 1.54) is 12.3 Å². The number of fused-ring (bicyclic) bond motifs is 1. The Bertz CT molecular complexity index is 1470. The van der Waals surface area contributed by atoms with Crippen molar-refractivity contribution in [1.82, 2.24) is 25.9 Å². The number of nitrogens with one attached hydrogen (secondary N) is 4. The Morgan fingerprint density at radius 1 is 1.26 bits per heavy atom. The van der Waals surface area contributed by atoms with E-state index in [2.05, 4.69) is 58.4 Å². The highest BCUT2D eigenvalue weighted by Crippen LogP contribution is 2.39. The SMILES string of the molecule is Cc1nc(F)ccc1[C@H](Nc1cc(Cl)c2ncc(C#N)c(NCC(C)(C)C)c2c1)C1=C(Cl)N(C2CC2)NN1. The molecule has 2 aromatic heterocycles. The van der Waals surface area contributed by atoms with Gasteiger partial charge in [-0.1, -0.05) is 50.0 Å². The molecule has 0 unspecified atom stereocenters. The summed E-state index contributed by atoms with van der Waals surface area (Å²) in [5.74, 6) is -0.555. The molecule has 38 heavy (non-hydrogen) atoms. The van der Waals surface area contributed by atoms with Gasteiger partial charge in [0.25, 0.3) is 0 Å². The number of halogens is 3.